The minimum atomic E-state index is -0.0730. The van der Waals surface area contributed by atoms with E-state index in [0.29, 0.717) is 29.0 Å². The summed E-state index contributed by atoms with van der Waals surface area (Å²) in [6, 6.07) is 25.8. The summed E-state index contributed by atoms with van der Waals surface area (Å²) in [5, 5.41) is 0. The number of thiocarbonyl (C=S) groups is 1. The van der Waals surface area contributed by atoms with E-state index >= 15 is 0 Å². The number of nitrogens with zero attached hydrogens (tertiary/aromatic N) is 1. The zero-order chi connectivity index (χ0) is 23.8. The second kappa shape index (κ2) is 11.9. The minimum absolute atomic E-state index is 0.0730. The molecule has 1 aliphatic rings. The highest BCUT2D eigenvalue weighted by molar-refractivity contribution is 8.26. The van der Waals surface area contributed by atoms with Gasteiger partial charge in [-0.2, -0.15) is 0 Å². The van der Waals surface area contributed by atoms with Gasteiger partial charge in [0.25, 0.3) is 5.91 Å². The van der Waals surface area contributed by atoms with E-state index in [1.165, 1.54) is 17.3 Å². The summed E-state index contributed by atoms with van der Waals surface area (Å²) in [7, 11) is 0. The van der Waals surface area contributed by atoms with E-state index in [9.17, 15) is 4.79 Å². The van der Waals surface area contributed by atoms with E-state index in [0.717, 1.165) is 35.5 Å². The molecule has 174 valence electrons. The van der Waals surface area contributed by atoms with Crippen LogP contribution in [0, 0.1) is 0 Å². The van der Waals surface area contributed by atoms with Crippen molar-refractivity contribution in [1.29, 1.82) is 0 Å². The molecular formula is C28H27NO3S2. The Morgan fingerprint density at radius 1 is 0.882 bits per heavy atom. The molecule has 0 unspecified atom stereocenters. The Labute approximate surface area is 210 Å². The van der Waals surface area contributed by atoms with Crippen LogP contribution >= 0.6 is 24.0 Å². The van der Waals surface area contributed by atoms with Crippen LogP contribution in [0.25, 0.3) is 6.08 Å². The summed E-state index contributed by atoms with van der Waals surface area (Å²) in [4.78, 5) is 15.3. The molecule has 0 atom stereocenters. The van der Waals surface area contributed by atoms with Crippen LogP contribution in [0.3, 0.4) is 0 Å². The molecule has 3 aromatic carbocycles. The number of thioether (sulfide) groups is 1. The lowest BCUT2D eigenvalue weighted by Gasteiger charge is -2.14. The first-order valence-electron chi connectivity index (χ1n) is 11.4. The van der Waals surface area contributed by atoms with E-state index < -0.39 is 0 Å². The molecule has 0 radical (unpaired) electrons. The molecule has 1 saturated heterocycles. The second-order valence-corrected chi connectivity index (χ2v) is 9.52. The lowest BCUT2D eigenvalue weighted by Crippen LogP contribution is -2.27. The summed E-state index contributed by atoms with van der Waals surface area (Å²) >= 11 is 6.81. The molecule has 1 fully saturated rings. The Bertz CT molecular complexity index is 1160. The highest BCUT2D eigenvalue weighted by Gasteiger charge is 2.32. The van der Waals surface area contributed by atoms with E-state index in [2.05, 4.69) is 19.1 Å². The van der Waals surface area contributed by atoms with Crippen LogP contribution in [0.4, 0.5) is 0 Å². The number of aryl methyl sites for hydroxylation is 1. The molecule has 1 aliphatic heterocycles. The van der Waals surface area contributed by atoms with Crippen molar-refractivity contribution in [2.75, 3.05) is 13.2 Å². The van der Waals surface area contributed by atoms with Crippen molar-refractivity contribution in [3.63, 3.8) is 0 Å². The summed E-state index contributed by atoms with van der Waals surface area (Å²) in [6.07, 6.45) is 3.64. The molecular weight excluding hydrogens is 462 g/mol. The van der Waals surface area contributed by atoms with Gasteiger partial charge in [0.05, 0.1) is 24.7 Å². The van der Waals surface area contributed by atoms with Gasteiger partial charge in [0.1, 0.15) is 15.8 Å². The summed E-state index contributed by atoms with van der Waals surface area (Å²) < 4.78 is 12.4. The predicted molar refractivity (Wildman–Crippen MR) is 143 cm³/mol. The largest absolute Gasteiger partial charge is 0.493 e. The Balaban J connectivity index is 1.33. The lowest BCUT2D eigenvalue weighted by molar-refractivity contribution is -0.122. The molecule has 0 saturated carbocycles. The number of benzene rings is 3. The smallest absolute Gasteiger partial charge is 0.266 e. The number of carbonyl (C=O) groups is 1. The number of carbonyl (C=O) groups excluding carboxylic acids is 1. The second-order valence-electron chi connectivity index (χ2n) is 7.84. The standard InChI is InChI=1S/C28H27NO3S2/c1-2-21-13-15-24(16-14-21)31-17-8-18-32-25-12-7-6-11-23(25)19-26-27(30)29(28(33)34-26)20-22-9-4-3-5-10-22/h3-7,9-16,19H,2,8,17-18,20H2,1H3/b26-19-. The maximum atomic E-state index is 13.0. The topological polar surface area (TPSA) is 38.8 Å². The van der Waals surface area contributed by atoms with Crippen LogP contribution in [0.2, 0.25) is 0 Å². The first-order valence-corrected chi connectivity index (χ1v) is 12.6. The molecule has 0 spiro atoms. The highest BCUT2D eigenvalue weighted by atomic mass is 32.2. The van der Waals surface area contributed by atoms with Gasteiger partial charge in [-0.05, 0) is 41.8 Å². The van der Waals surface area contributed by atoms with Gasteiger partial charge >= 0.3 is 0 Å². The molecule has 0 aliphatic carbocycles. The SMILES string of the molecule is CCc1ccc(OCCCOc2ccccc2/C=C2\SC(=S)N(Cc3ccccc3)C2=O)cc1. The Hall–Kier alpha value is -3.09. The van der Waals surface area contributed by atoms with Gasteiger partial charge in [0.2, 0.25) is 0 Å². The number of ether oxygens (including phenoxy) is 2. The van der Waals surface area contributed by atoms with Crippen molar-refractivity contribution in [2.45, 2.75) is 26.3 Å². The third-order valence-corrected chi connectivity index (χ3v) is 6.79. The van der Waals surface area contributed by atoms with Gasteiger partial charge in [-0.3, -0.25) is 9.69 Å². The van der Waals surface area contributed by atoms with Crippen LogP contribution in [-0.2, 0) is 17.8 Å². The van der Waals surface area contributed by atoms with E-state index in [4.69, 9.17) is 21.7 Å². The Morgan fingerprint density at radius 3 is 2.35 bits per heavy atom. The molecule has 34 heavy (non-hydrogen) atoms. The van der Waals surface area contributed by atoms with E-state index in [-0.39, 0.29) is 5.91 Å². The van der Waals surface area contributed by atoms with Gasteiger partial charge in [-0.25, -0.2) is 0 Å². The summed E-state index contributed by atoms with van der Waals surface area (Å²) in [5.74, 6) is 1.54. The lowest BCUT2D eigenvalue weighted by atomic mass is 10.1. The number of hydrogen-bond acceptors (Lipinski definition) is 5. The Morgan fingerprint density at radius 2 is 1.59 bits per heavy atom. The maximum Gasteiger partial charge on any atom is 0.266 e. The molecule has 0 bridgehead atoms. The number of hydrogen-bond donors (Lipinski definition) is 0. The van der Waals surface area contributed by atoms with Crippen molar-refractivity contribution in [3.05, 3.63) is 100 Å². The van der Waals surface area contributed by atoms with Gasteiger partial charge in [0, 0.05) is 12.0 Å². The van der Waals surface area contributed by atoms with Crippen LogP contribution in [0.5, 0.6) is 11.5 Å². The van der Waals surface area contributed by atoms with Gasteiger partial charge < -0.3 is 9.47 Å². The van der Waals surface area contributed by atoms with Crippen LogP contribution in [0.15, 0.2) is 83.8 Å². The first-order chi connectivity index (χ1) is 16.6. The van der Waals surface area contributed by atoms with Crippen LogP contribution in [0.1, 0.15) is 30.0 Å². The monoisotopic (exact) mass is 489 g/mol. The molecule has 4 nitrogen and oxygen atoms in total. The zero-order valence-electron chi connectivity index (χ0n) is 19.1. The Kier molecular flexibility index (Phi) is 8.39. The number of rotatable bonds is 10. The van der Waals surface area contributed by atoms with Crippen LogP contribution in [-0.4, -0.2) is 28.3 Å². The molecule has 0 aromatic heterocycles. The average Bonchev–Trinajstić information content (AvgIpc) is 3.13. The fourth-order valence-corrected chi connectivity index (χ4v) is 4.77. The fourth-order valence-electron chi connectivity index (χ4n) is 3.53. The molecule has 4 rings (SSSR count). The van der Waals surface area contributed by atoms with Crippen molar-refractivity contribution < 1.29 is 14.3 Å². The quantitative estimate of drug-likeness (QED) is 0.185. The normalized spacial score (nSPS) is 14.6. The van der Waals surface area contributed by atoms with E-state index in [1.807, 2.05) is 72.8 Å². The van der Waals surface area contributed by atoms with Gasteiger partial charge in [-0.1, -0.05) is 91.6 Å². The van der Waals surface area contributed by atoms with Gasteiger partial charge in [0.15, 0.2) is 0 Å². The van der Waals surface area contributed by atoms with Crippen LogP contribution < -0.4 is 9.47 Å². The summed E-state index contributed by atoms with van der Waals surface area (Å²) in [5.41, 5.74) is 3.20. The number of para-hydroxylation sites is 1. The predicted octanol–water partition coefficient (Wildman–Crippen LogP) is 6.50. The highest BCUT2D eigenvalue weighted by Crippen LogP contribution is 2.35. The zero-order valence-corrected chi connectivity index (χ0v) is 20.7. The molecule has 1 heterocycles. The van der Waals surface area contributed by atoms with Crippen molar-refractivity contribution in [2.24, 2.45) is 0 Å². The molecule has 0 N–H and O–H groups in total. The molecule has 3 aromatic rings. The van der Waals surface area contributed by atoms with Gasteiger partial charge in [-0.15, -0.1) is 0 Å². The minimum Gasteiger partial charge on any atom is -0.493 e. The third-order valence-electron chi connectivity index (χ3n) is 5.41. The maximum absolute atomic E-state index is 13.0. The van der Waals surface area contributed by atoms with Crippen molar-refractivity contribution in [3.8, 4) is 11.5 Å². The molecule has 1 amide bonds. The first kappa shape index (κ1) is 24.0. The molecule has 6 heteroatoms. The number of amides is 1. The van der Waals surface area contributed by atoms with Crippen molar-refractivity contribution in [1.82, 2.24) is 4.90 Å². The van der Waals surface area contributed by atoms with E-state index in [1.54, 1.807) is 4.90 Å². The third kappa shape index (κ3) is 6.27. The fraction of sp³-hybridized carbons (Fsp3) is 0.214. The average molecular weight is 490 g/mol. The van der Waals surface area contributed by atoms with Crippen molar-refractivity contribution >= 4 is 40.3 Å². The summed E-state index contributed by atoms with van der Waals surface area (Å²) in [6.45, 7) is 3.71.